The van der Waals surface area contributed by atoms with E-state index in [4.69, 9.17) is 33.7 Å². The summed E-state index contributed by atoms with van der Waals surface area (Å²) in [6.07, 6.45) is 10.1. The summed E-state index contributed by atoms with van der Waals surface area (Å²) in [5, 5.41) is 10.4. The standard InChI is InChI=1S/C16H13Cl2FN4O.C6H11N/c1-8(14-11(17)2-3-12(19)15(14)18)24-13-4-9(5-21-16(13)20)10-6-22-23-7-10;1-2-6(3-4-6)7-5-1/h2-8H,1H3,(H2,20,21)(H,22,23);7H,1-5H2. The number of nitrogens with one attached hydrogen (secondary N) is 2. The second-order valence-corrected chi connectivity index (χ2v) is 8.71. The predicted octanol–water partition coefficient (Wildman–Crippen LogP) is 5.54. The van der Waals surface area contributed by atoms with Crippen LogP contribution in [-0.2, 0) is 0 Å². The molecule has 1 spiro atoms. The van der Waals surface area contributed by atoms with Crippen LogP contribution in [-0.4, -0.2) is 27.3 Å². The maximum Gasteiger partial charge on any atom is 0.166 e. The molecule has 1 aromatic carbocycles. The summed E-state index contributed by atoms with van der Waals surface area (Å²) in [6.45, 7) is 2.98. The van der Waals surface area contributed by atoms with Gasteiger partial charge in [-0.05, 0) is 57.4 Å². The lowest BCUT2D eigenvalue weighted by Crippen LogP contribution is -2.22. The molecule has 0 amide bonds. The number of aromatic amines is 1. The molecule has 1 atom stereocenters. The zero-order chi connectivity index (χ0) is 22.0. The van der Waals surface area contributed by atoms with Gasteiger partial charge in [0.2, 0.25) is 0 Å². The number of ether oxygens (including phenoxy) is 1. The Morgan fingerprint density at radius 1 is 1.19 bits per heavy atom. The molecule has 31 heavy (non-hydrogen) atoms. The van der Waals surface area contributed by atoms with E-state index in [0.29, 0.717) is 21.9 Å². The Morgan fingerprint density at radius 3 is 2.61 bits per heavy atom. The normalized spacial score (nSPS) is 17.2. The fourth-order valence-electron chi connectivity index (χ4n) is 3.73. The van der Waals surface area contributed by atoms with Gasteiger partial charge in [0, 0.05) is 39.6 Å². The maximum atomic E-state index is 13.7. The molecule has 6 nitrogen and oxygen atoms in total. The first-order chi connectivity index (χ1) is 14.9. The van der Waals surface area contributed by atoms with Crippen molar-refractivity contribution in [3.8, 4) is 16.9 Å². The summed E-state index contributed by atoms with van der Waals surface area (Å²) in [7, 11) is 0. The Hall–Kier alpha value is -2.35. The second-order valence-electron chi connectivity index (χ2n) is 7.92. The molecule has 1 saturated carbocycles. The van der Waals surface area contributed by atoms with Gasteiger partial charge in [-0.1, -0.05) is 23.2 Å². The number of H-pyrrole nitrogens is 1. The zero-order valence-corrected chi connectivity index (χ0v) is 18.6. The zero-order valence-electron chi connectivity index (χ0n) is 17.1. The average Bonchev–Trinajstić information content (AvgIpc) is 3.11. The first-order valence-electron chi connectivity index (χ1n) is 10.2. The first kappa shape index (κ1) is 21.9. The average molecular weight is 464 g/mol. The van der Waals surface area contributed by atoms with Crippen LogP contribution >= 0.6 is 23.2 Å². The Kier molecular flexibility index (Phi) is 6.36. The van der Waals surface area contributed by atoms with E-state index in [1.165, 1.54) is 44.4 Å². The van der Waals surface area contributed by atoms with Crippen LogP contribution < -0.4 is 15.8 Å². The van der Waals surface area contributed by atoms with Crippen molar-refractivity contribution in [3.63, 3.8) is 0 Å². The number of hydrogen-bond donors (Lipinski definition) is 3. The van der Waals surface area contributed by atoms with Crippen LogP contribution in [0.1, 0.15) is 44.3 Å². The minimum Gasteiger partial charge on any atom is -0.482 e. The van der Waals surface area contributed by atoms with Crippen molar-refractivity contribution in [3.05, 3.63) is 58.2 Å². The summed E-state index contributed by atoms with van der Waals surface area (Å²) < 4.78 is 19.5. The molecule has 1 aliphatic carbocycles. The third-order valence-corrected chi connectivity index (χ3v) is 6.40. The molecular weight excluding hydrogens is 440 g/mol. The molecule has 2 aromatic heterocycles. The smallest absolute Gasteiger partial charge is 0.166 e. The number of anilines is 1. The number of nitrogen functional groups attached to an aromatic ring is 1. The van der Waals surface area contributed by atoms with E-state index in [-0.39, 0.29) is 10.8 Å². The molecular formula is C22H24Cl2FN5O. The minimum atomic E-state index is -0.621. The van der Waals surface area contributed by atoms with E-state index in [0.717, 1.165) is 11.1 Å². The lowest BCUT2D eigenvalue weighted by molar-refractivity contribution is 0.227. The summed E-state index contributed by atoms with van der Waals surface area (Å²) in [5.41, 5.74) is 8.53. The van der Waals surface area contributed by atoms with Crippen LogP contribution in [0.15, 0.2) is 36.8 Å². The van der Waals surface area contributed by atoms with E-state index >= 15 is 0 Å². The highest BCUT2D eigenvalue weighted by atomic mass is 35.5. The van der Waals surface area contributed by atoms with Crippen LogP contribution in [0.2, 0.25) is 10.0 Å². The Labute approximate surface area is 190 Å². The summed E-state index contributed by atoms with van der Waals surface area (Å²) >= 11 is 12.1. The molecule has 1 unspecified atom stereocenters. The lowest BCUT2D eigenvalue weighted by Gasteiger charge is -2.19. The molecule has 164 valence electrons. The highest BCUT2D eigenvalue weighted by Crippen LogP contribution is 2.42. The van der Waals surface area contributed by atoms with E-state index in [2.05, 4.69) is 20.5 Å². The van der Waals surface area contributed by atoms with Crippen molar-refractivity contribution in [2.24, 2.45) is 0 Å². The number of benzene rings is 1. The van der Waals surface area contributed by atoms with Crippen molar-refractivity contribution in [1.29, 1.82) is 0 Å². The molecule has 0 bridgehead atoms. The Bertz CT molecular complexity index is 1050. The topological polar surface area (TPSA) is 88.8 Å². The molecule has 1 saturated heterocycles. The summed E-state index contributed by atoms with van der Waals surface area (Å²) in [5.74, 6) is -0.0138. The molecule has 1 aliphatic heterocycles. The van der Waals surface area contributed by atoms with Gasteiger partial charge in [0.1, 0.15) is 11.9 Å². The van der Waals surface area contributed by atoms with Crippen molar-refractivity contribution in [2.45, 2.75) is 44.2 Å². The van der Waals surface area contributed by atoms with Gasteiger partial charge in [0.15, 0.2) is 11.6 Å². The number of aromatic nitrogens is 3. The predicted molar refractivity (Wildman–Crippen MR) is 121 cm³/mol. The number of nitrogens with zero attached hydrogens (tertiary/aromatic N) is 2. The van der Waals surface area contributed by atoms with E-state index < -0.39 is 11.9 Å². The van der Waals surface area contributed by atoms with Crippen LogP contribution in [0, 0.1) is 5.82 Å². The lowest BCUT2D eigenvalue weighted by atomic mass is 10.1. The second kappa shape index (κ2) is 9.02. The number of halogens is 3. The van der Waals surface area contributed by atoms with Crippen molar-refractivity contribution < 1.29 is 9.13 Å². The summed E-state index contributed by atoms with van der Waals surface area (Å²) in [4.78, 5) is 4.12. The van der Waals surface area contributed by atoms with Gasteiger partial charge >= 0.3 is 0 Å². The highest BCUT2D eigenvalue weighted by Gasteiger charge is 2.44. The van der Waals surface area contributed by atoms with Crippen LogP contribution in [0.25, 0.3) is 11.1 Å². The minimum absolute atomic E-state index is 0.0764. The van der Waals surface area contributed by atoms with E-state index in [9.17, 15) is 4.39 Å². The van der Waals surface area contributed by atoms with Gasteiger partial charge in [-0.25, -0.2) is 9.37 Å². The molecule has 2 aliphatic rings. The monoisotopic (exact) mass is 463 g/mol. The fourth-order valence-corrected chi connectivity index (χ4v) is 4.41. The van der Waals surface area contributed by atoms with Gasteiger partial charge in [0.05, 0.1) is 11.2 Å². The molecule has 3 heterocycles. The van der Waals surface area contributed by atoms with Gasteiger partial charge in [-0.15, -0.1) is 0 Å². The van der Waals surface area contributed by atoms with Gasteiger partial charge in [-0.3, -0.25) is 5.10 Å². The number of pyridine rings is 1. The maximum absolute atomic E-state index is 13.7. The third-order valence-electron chi connectivity index (χ3n) is 5.69. The molecule has 0 radical (unpaired) electrons. The van der Waals surface area contributed by atoms with Gasteiger partial charge in [-0.2, -0.15) is 5.10 Å². The summed E-state index contributed by atoms with van der Waals surface area (Å²) in [6, 6.07) is 4.36. The van der Waals surface area contributed by atoms with Crippen molar-refractivity contribution in [1.82, 2.24) is 20.5 Å². The van der Waals surface area contributed by atoms with Crippen LogP contribution in [0.4, 0.5) is 10.2 Å². The number of hydrogen-bond acceptors (Lipinski definition) is 5. The molecule has 3 aromatic rings. The third kappa shape index (κ3) is 4.95. The number of rotatable bonds is 4. The quantitative estimate of drug-likeness (QED) is 0.441. The Balaban J connectivity index is 0.000000275. The molecule has 9 heteroatoms. The van der Waals surface area contributed by atoms with E-state index in [1.54, 1.807) is 31.6 Å². The highest BCUT2D eigenvalue weighted by molar-refractivity contribution is 6.36. The van der Waals surface area contributed by atoms with Gasteiger partial charge in [0.25, 0.3) is 0 Å². The fraction of sp³-hybridized carbons (Fsp3) is 0.364. The van der Waals surface area contributed by atoms with Crippen molar-refractivity contribution >= 4 is 29.0 Å². The first-order valence-corrected chi connectivity index (χ1v) is 10.9. The van der Waals surface area contributed by atoms with Crippen LogP contribution in [0.3, 0.4) is 0 Å². The SMILES string of the molecule is C1CNC2(C1)CC2.CC(Oc1cc(-c2cn[nH]c2)cnc1N)c1c(Cl)ccc(F)c1Cl. The molecule has 2 fully saturated rings. The Morgan fingerprint density at radius 2 is 2.00 bits per heavy atom. The number of nitrogens with two attached hydrogens (primary N) is 1. The van der Waals surface area contributed by atoms with E-state index in [1.807, 2.05) is 0 Å². The molecule has 4 N–H and O–H groups in total. The van der Waals surface area contributed by atoms with Gasteiger partial charge < -0.3 is 15.8 Å². The largest absolute Gasteiger partial charge is 0.482 e. The van der Waals surface area contributed by atoms with Crippen molar-refractivity contribution in [2.75, 3.05) is 12.3 Å². The van der Waals surface area contributed by atoms with Crippen LogP contribution in [0.5, 0.6) is 5.75 Å². The molecule has 5 rings (SSSR count).